The van der Waals surface area contributed by atoms with Crippen molar-refractivity contribution in [1.82, 2.24) is 4.98 Å². The number of nitrogens with zero attached hydrogens (tertiary/aromatic N) is 1. The minimum absolute atomic E-state index is 0.0412. The van der Waals surface area contributed by atoms with Crippen LogP contribution in [0.5, 0.6) is 0 Å². The van der Waals surface area contributed by atoms with Gasteiger partial charge in [0.15, 0.2) is 11.5 Å². The van der Waals surface area contributed by atoms with Crippen LogP contribution in [-0.2, 0) is 10.9 Å². The topological polar surface area (TPSA) is 52.3 Å². The summed E-state index contributed by atoms with van der Waals surface area (Å²) in [5.41, 5.74) is -0.538. The number of rotatable bonds is 4. The number of aromatic nitrogens is 1. The minimum atomic E-state index is -4.63. The maximum Gasteiger partial charge on any atom is 0.417 e. The van der Waals surface area contributed by atoms with Crippen molar-refractivity contribution >= 4 is 17.6 Å². The summed E-state index contributed by atoms with van der Waals surface area (Å²) in [5, 5.41) is -0.438. The summed E-state index contributed by atoms with van der Waals surface area (Å²) in [4.78, 5) is 16.3. The van der Waals surface area contributed by atoms with Gasteiger partial charge in [-0.1, -0.05) is 41.9 Å². The van der Waals surface area contributed by atoms with Gasteiger partial charge in [0.2, 0.25) is 5.89 Å². The van der Waals surface area contributed by atoms with Gasteiger partial charge in [0.05, 0.1) is 17.2 Å². The number of carbonyl (C=O) groups excluding carboxylic acids is 1. The highest BCUT2D eigenvalue weighted by molar-refractivity contribution is 6.31. The van der Waals surface area contributed by atoms with E-state index in [2.05, 4.69) is 4.98 Å². The highest BCUT2D eigenvalue weighted by Gasteiger charge is 2.34. The second-order valence-electron chi connectivity index (χ2n) is 5.48. The molecule has 0 aliphatic carbocycles. The highest BCUT2D eigenvalue weighted by atomic mass is 35.5. The second kappa shape index (κ2) is 7.44. The van der Waals surface area contributed by atoms with E-state index in [0.717, 1.165) is 12.1 Å². The van der Waals surface area contributed by atoms with Crippen molar-refractivity contribution in [3.8, 4) is 22.8 Å². The molecule has 0 N–H and O–H groups in total. The molecule has 0 saturated heterocycles. The maximum absolute atomic E-state index is 13.1. The van der Waals surface area contributed by atoms with Gasteiger partial charge in [-0.25, -0.2) is 9.78 Å². The summed E-state index contributed by atoms with van der Waals surface area (Å²) in [6, 6.07) is 11.9. The van der Waals surface area contributed by atoms with Crippen LogP contribution in [0.4, 0.5) is 13.2 Å². The van der Waals surface area contributed by atoms with Gasteiger partial charge in [0, 0.05) is 11.1 Å². The summed E-state index contributed by atoms with van der Waals surface area (Å²) in [6.07, 6.45) is -4.63. The number of carbonyl (C=O) groups is 1. The molecule has 0 saturated carbocycles. The van der Waals surface area contributed by atoms with E-state index in [0.29, 0.717) is 5.56 Å². The summed E-state index contributed by atoms with van der Waals surface area (Å²) in [6.45, 7) is 1.75. The molecule has 0 unspecified atom stereocenters. The Labute approximate surface area is 157 Å². The second-order valence-corrected chi connectivity index (χ2v) is 5.88. The van der Waals surface area contributed by atoms with E-state index >= 15 is 0 Å². The molecule has 1 aromatic heterocycles. The normalized spacial score (nSPS) is 11.4. The van der Waals surface area contributed by atoms with E-state index in [4.69, 9.17) is 20.8 Å². The molecule has 0 fully saturated rings. The van der Waals surface area contributed by atoms with Crippen LogP contribution in [-0.4, -0.2) is 17.6 Å². The monoisotopic (exact) mass is 395 g/mol. The number of esters is 1. The Morgan fingerprint density at radius 1 is 1.15 bits per heavy atom. The Bertz CT molecular complexity index is 968. The molecule has 0 aliphatic heterocycles. The molecular formula is C19H13ClF3NO3. The zero-order valence-electron chi connectivity index (χ0n) is 14.0. The third-order valence-corrected chi connectivity index (χ3v) is 3.98. The Balaban J connectivity index is 2.14. The molecule has 0 atom stereocenters. The molecule has 27 heavy (non-hydrogen) atoms. The van der Waals surface area contributed by atoms with E-state index in [-0.39, 0.29) is 29.5 Å². The third-order valence-electron chi connectivity index (χ3n) is 3.65. The fourth-order valence-corrected chi connectivity index (χ4v) is 2.67. The van der Waals surface area contributed by atoms with E-state index in [1.54, 1.807) is 37.3 Å². The van der Waals surface area contributed by atoms with Crippen LogP contribution in [0, 0.1) is 0 Å². The summed E-state index contributed by atoms with van der Waals surface area (Å²) < 4.78 is 50.0. The van der Waals surface area contributed by atoms with Crippen LogP contribution in [0.3, 0.4) is 0 Å². The molecule has 0 aliphatic rings. The third kappa shape index (κ3) is 3.98. The number of halogens is 4. The Kier molecular flexibility index (Phi) is 5.23. The first-order valence-electron chi connectivity index (χ1n) is 7.91. The molecule has 2 aromatic carbocycles. The molecule has 3 rings (SSSR count). The smallest absolute Gasteiger partial charge is 0.417 e. The van der Waals surface area contributed by atoms with Gasteiger partial charge in [-0.3, -0.25) is 0 Å². The van der Waals surface area contributed by atoms with Crippen molar-refractivity contribution in [3.05, 3.63) is 64.8 Å². The van der Waals surface area contributed by atoms with Gasteiger partial charge in [-0.15, -0.1) is 0 Å². The van der Waals surface area contributed by atoms with Crippen molar-refractivity contribution in [2.24, 2.45) is 0 Å². The predicted octanol–water partition coefficient (Wildman–Crippen LogP) is 5.86. The van der Waals surface area contributed by atoms with Crippen LogP contribution in [0.1, 0.15) is 23.0 Å². The van der Waals surface area contributed by atoms with Gasteiger partial charge in [0.1, 0.15) is 0 Å². The predicted molar refractivity (Wildman–Crippen MR) is 93.3 cm³/mol. The largest absolute Gasteiger partial charge is 0.461 e. The summed E-state index contributed by atoms with van der Waals surface area (Å²) in [5.74, 6) is -0.747. The van der Waals surface area contributed by atoms with E-state index in [1.807, 2.05) is 0 Å². The van der Waals surface area contributed by atoms with Crippen LogP contribution >= 0.6 is 11.6 Å². The minimum Gasteiger partial charge on any atom is -0.461 e. The molecule has 0 bridgehead atoms. The fourth-order valence-electron chi connectivity index (χ4n) is 2.44. The molecule has 8 heteroatoms. The Hall–Kier alpha value is -2.80. The summed E-state index contributed by atoms with van der Waals surface area (Å²) >= 11 is 5.65. The summed E-state index contributed by atoms with van der Waals surface area (Å²) in [7, 11) is 0. The fraction of sp³-hybridized carbons (Fsp3) is 0.158. The lowest BCUT2D eigenvalue weighted by Gasteiger charge is -2.09. The average Bonchev–Trinajstić information content (AvgIpc) is 3.07. The lowest BCUT2D eigenvalue weighted by Crippen LogP contribution is -2.07. The van der Waals surface area contributed by atoms with E-state index in [1.165, 1.54) is 6.07 Å². The maximum atomic E-state index is 13.1. The van der Waals surface area contributed by atoms with E-state index in [9.17, 15) is 18.0 Å². The quantitative estimate of drug-likeness (QED) is 0.519. The van der Waals surface area contributed by atoms with Crippen LogP contribution in [0.25, 0.3) is 22.8 Å². The molecule has 0 spiro atoms. The number of alkyl halides is 3. The van der Waals surface area contributed by atoms with Crippen molar-refractivity contribution in [3.63, 3.8) is 0 Å². The first kappa shape index (κ1) is 19.0. The van der Waals surface area contributed by atoms with E-state index < -0.39 is 22.7 Å². The number of hydrogen-bond acceptors (Lipinski definition) is 4. The number of hydrogen-bond donors (Lipinski definition) is 0. The SMILES string of the molecule is CCOC(=O)c1nc(-c2ccc(Cl)c(C(F)(F)F)c2)oc1-c1ccccc1. The Morgan fingerprint density at radius 2 is 1.85 bits per heavy atom. The Morgan fingerprint density at radius 3 is 2.48 bits per heavy atom. The molecule has 140 valence electrons. The van der Waals surface area contributed by atoms with Crippen LogP contribution in [0.2, 0.25) is 5.02 Å². The standard InChI is InChI=1S/C19H13ClF3NO3/c1-2-26-18(25)15-16(11-6-4-3-5-7-11)27-17(24-15)12-8-9-14(20)13(10-12)19(21,22)23/h3-10H,2H2,1H3. The molecule has 4 nitrogen and oxygen atoms in total. The van der Waals surface area contributed by atoms with Gasteiger partial charge < -0.3 is 9.15 Å². The average molecular weight is 396 g/mol. The number of benzene rings is 2. The first-order chi connectivity index (χ1) is 12.8. The number of oxazole rings is 1. The van der Waals surface area contributed by atoms with Crippen molar-refractivity contribution < 1.29 is 27.1 Å². The van der Waals surface area contributed by atoms with Crippen molar-refractivity contribution in [1.29, 1.82) is 0 Å². The molecule has 3 aromatic rings. The van der Waals surface area contributed by atoms with Crippen LogP contribution < -0.4 is 0 Å². The lowest BCUT2D eigenvalue weighted by molar-refractivity contribution is -0.137. The highest BCUT2D eigenvalue weighted by Crippen LogP contribution is 2.38. The van der Waals surface area contributed by atoms with Crippen LogP contribution in [0.15, 0.2) is 52.9 Å². The number of ether oxygens (including phenoxy) is 1. The molecular weight excluding hydrogens is 383 g/mol. The molecule has 0 amide bonds. The van der Waals surface area contributed by atoms with Crippen molar-refractivity contribution in [2.75, 3.05) is 6.61 Å². The first-order valence-corrected chi connectivity index (χ1v) is 8.29. The lowest BCUT2D eigenvalue weighted by atomic mass is 10.1. The van der Waals surface area contributed by atoms with Gasteiger partial charge >= 0.3 is 12.1 Å². The van der Waals surface area contributed by atoms with Gasteiger partial charge in [-0.05, 0) is 25.1 Å². The van der Waals surface area contributed by atoms with Gasteiger partial charge in [0.25, 0.3) is 0 Å². The molecule has 0 radical (unpaired) electrons. The van der Waals surface area contributed by atoms with Gasteiger partial charge in [-0.2, -0.15) is 13.2 Å². The zero-order valence-corrected chi connectivity index (χ0v) is 14.8. The zero-order chi connectivity index (χ0) is 19.6. The molecule has 1 heterocycles. The van der Waals surface area contributed by atoms with Crippen molar-refractivity contribution in [2.45, 2.75) is 13.1 Å².